The van der Waals surface area contributed by atoms with Crippen LogP contribution in [0.25, 0.3) is 0 Å². The van der Waals surface area contributed by atoms with Gasteiger partial charge in [0.2, 0.25) is 0 Å². The lowest BCUT2D eigenvalue weighted by Gasteiger charge is -2.16. The molecule has 0 amide bonds. The van der Waals surface area contributed by atoms with E-state index in [0.29, 0.717) is 11.8 Å². The highest BCUT2D eigenvalue weighted by molar-refractivity contribution is 5.79. The van der Waals surface area contributed by atoms with Crippen molar-refractivity contribution in [3.63, 3.8) is 0 Å². The van der Waals surface area contributed by atoms with Crippen molar-refractivity contribution in [1.29, 1.82) is 0 Å². The lowest BCUT2D eigenvalue weighted by atomic mass is 10.1. The first-order valence-corrected chi connectivity index (χ1v) is 6.27. The molecular formula is C15H13FN2O3. The van der Waals surface area contributed by atoms with Crippen LogP contribution in [-0.4, -0.2) is 11.2 Å². The lowest BCUT2D eigenvalue weighted by Crippen LogP contribution is -2.10. The molecule has 0 aliphatic carbocycles. The van der Waals surface area contributed by atoms with Crippen LogP contribution in [0, 0.1) is 15.9 Å². The average Bonchev–Trinajstić information content (AvgIpc) is 2.47. The summed E-state index contributed by atoms with van der Waals surface area (Å²) in [7, 11) is 0. The van der Waals surface area contributed by atoms with Crippen LogP contribution in [0.5, 0.6) is 0 Å². The van der Waals surface area contributed by atoms with E-state index in [-0.39, 0.29) is 22.8 Å². The number of anilines is 1. The molecule has 0 heterocycles. The Labute approximate surface area is 120 Å². The van der Waals surface area contributed by atoms with Gasteiger partial charge in [0.25, 0.3) is 5.69 Å². The summed E-state index contributed by atoms with van der Waals surface area (Å²) in [6.07, 6.45) is 0.539. The molecule has 5 nitrogen and oxygen atoms in total. The molecule has 0 radical (unpaired) electrons. The second kappa shape index (κ2) is 6.13. The number of nitro groups is 1. The van der Waals surface area contributed by atoms with Gasteiger partial charge in [-0.25, -0.2) is 4.39 Å². The van der Waals surface area contributed by atoms with Crippen LogP contribution in [-0.2, 0) is 0 Å². The fourth-order valence-electron chi connectivity index (χ4n) is 2.03. The average molecular weight is 288 g/mol. The topological polar surface area (TPSA) is 72.2 Å². The molecule has 0 aliphatic heterocycles. The van der Waals surface area contributed by atoms with E-state index in [1.165, 1.54) is 24.3 Å². The molecule has 0 spiro atoms. The number of benzene rings is 2. The molecule has 2 aromatic carbocycles. The number of rotatable bonds is 5. The summed E-state index contributed by atoms with van der Waals surface area (Å²) in [5.41, 5.74) is 0.640. The predicted molar refractivity (Wildman–Crippen MR) is 76.9 cm³/mol. The number of carbonyl (C=O) groups is 1. The minimum absolute atomic E-state index is 0.214. The van der Waals surface area contributed by atoms with Crippen molar-refractivity contribution < 1.29 is 14.1 Å². The number of nitrogens with zero attached hydrogens (tertiary/aromatic N) is 1. The smallest absolute Gasteiger partial charge is 0.293 e. The number of nitrogens with one attached hydrogen (secondary N) is 1. The summed E-state index contributed by atoms with van der Waals surface area (Å²) in [4.78, 5) is 21.2. The molecule has 0 saturated carbocycles. The quantitative estimate of drug-likeness (QED) is 0.517. The van der Waals surface area contributed by atoms with Gasteiger partial charge in [-0.15, -0.1) is 0 Å². The van der Waals surface area contributed by atoms with E-state index < -0.39 is 11.0 Å². The summed E-state index contributed by atoms with van der Waals surface area (Å²) in [5.74, 6) is -0.385. The van der Waals surface area contributed by atoms with Gasteiger partial charge < -0.3 is 5.32 Å². The molecule has 0 saturated heterocycles. The predicted octanol–water partition coefficient (Wildman–Crippen LogP) is 3.72. The lowest BCUT2D eigenvalue weighted by molar-refractivity contribution is -0.384. The molecular weight excluding hydrogens is 275 g/mol. The van der Waals surface area contributed by atoms with Crippen molar-refractivity contribution in [3.05, 3.63) is 69.5 Å². The third-order valence-electron chi connectivity index (χ3n) is 3.10. The van der Waals surface area contributed by atoms with Crippen LogP contribution in [0.2, 0.25) is 0 Å². The van der Waals surface area contributed by atoms with Gasteiger partial charge in [-0.05, 0) is 25.1 Å². The van der Waals surface area contributed by atoms with Crippen LogP contribution >= 0.6 is 0 Å². The largest absolute Gasteiger partial charge is 0.373 e. The molecule has 1 N–H and O–H groups in total. The first-order chi connectivity index (χ1) is 10.0. The Morgan fingerprint density at radius 3 is 2.62 bits per heavy atom. The van der Waals surface area contributed by atoms with Gasteiger partial charge >= 0.3 is 0 Å². The standard InChI is InChI=1S/C15H13FN2O3/c1-10(12-4-2-3-5-13(12)16)17-14-7-6-11(9-19)8-15(14)18(20)21/h2-10,17H,1H3. The highest BCUT2D eigenvalue weighted by atomic mass is 19.1. The van der Waals surface area contributed by atoms with Crippen LogP contribution < -0.4 is 5.32 Å². The second-order valence-corrected chi connectivity index (χ2v) is 4.54. The Balaban J connectivity index is 2.33. The van der Waals surface area contributed by atoms with Crippen LogP contribution in [0.3, 0.4) is 0 Å². The van der Waals surface area contributed by atoms with Gasteiger partial charge in [0.05, 0.1) is 11.0 Å². The van der Waals surface area contributed by atoms with Crippen molar-refractivity contribution in [2.45, 2.75) is 13.0 Å². The molecule has 0 fully saturated rings. The minimum atomic E-state index is -0.580. The van der Waals surface area contributed by atoms with E-state index in [1.54, 1.807) is 25.1 Å². The fraction of sp³-hybridized carbons (Fsp3) is 0.133. The van der Waals surface area contributed by atoms with Crippen molar-refractivity contribution in [3.8, 4) is 0 Å². The fourth-order valence-corrected chi connectivity index (χ4v) is 2.03. The summed E-state index contributed by atoms with van der Waals surface area (Å²) < 4.78 is 13.7. The maximum atomic E-state index is 13.7. The third-order valence-corrected chi connectivity index (χ3v) is 3.10. The SMILES string of the molecule is CC(Nc1ccc(C=O)cc1[N+](=O)[O-])c1ccccc1F. The van der Waals surface area contributed by atoms with Crippen molar-refractivity contribution >= 4 is 17.7 Å². The first-order valence-electron chi connectivity index (χ1n) is 6.27. The number of carbonyl (C=O) groups excluding carboxylic acids is 1. The van der Waals surface area contributed by atoms with Gasteiger partial charge in [0.15, 0.2) is 0 Å². The molecule has 2 rings (SSSR count). The number of hydrogen-bond donors (Lipinski definition) is 1. The van der Waals surface area contributed by atoms with Gasteiger partial charge in [0.1, 0.15) is 17.8 Å². The van der Waals surface area contributed by atoms with E-state index >= 15 is 0 Å². The molecule has 0 aliphatic rings. The van der Waals surface area contributed by atoms with Crippen LogP contribution in [0.15, 0.2) is 42.5 Å². The summed E-state index contributed by atoms with van der Waals surface area (Å²) in [5, 5.41) is 14.0. The molecule has 6 heteroatoms. The number of nitro benzene ring substituents is 1. The molecule has 21 heavy (non-hydrogen) atoms. The third kappa shape index (κ3) is 3.22. The maximum absolute atomic E-state index is 13.7. The van der Waals surface area contributed by atoms with Gasteiger partial charge in [-0.2, -0.15) is 0 Å². The van der Waals surface area contributed by atoms with E-state index in [0.717, 1.165) is 0 Å². The van der Waals surface area contributed by atoms with Crippen molar-refractivity contribution in [2.75, 3.05) is 5.32 Å². The molecule has 2 aromatic rings. The monoisotopic (exact) mass is 288 g/mol. The molecule has 1 atom stereocenters. The Bertz CT molecular complexity index is 688. The van der Waals surface area contributed by atoms with E-state index in [1.807, 2.05) is 0 Å². The number of hydrogen-bond acceptors (Lipinski definition) is 4. The Morgan fingerprint density at radius 2 is 2.00 bits per heavy atom. The zero-order chi connectivity index (χ0) is 15.4. The Kier molecular flexibility index (Phi) is 4.27. The Hall–Kier alpha value is -2.76. The minimum Gasteiger partial charge on any atom is -0.373 e. The van der Waals surface area contributed by atoms with Crippen LogP contribution in [0.1, 0.15) is 28.9 Å². The van der Waals surface area contributed by atoms with E-state index in [2.05, 4.69) is 5.32 Å². The van der Waals surface area contributed by atoms with Crippen LogP contribution in [0.4, 0.5) is 15.8 Å². The Morgan fingerprint density at radius 1 is 1.29 bits per heavy atom. The molecule has 108 valence electrons. The highest BCUT2D eigenvalue weighted by Gasteiger charge is 2.18. The van der Waals surface area contributed by atoms with Gasteiger partial charge in [-0.1, -0.05) is 18.2 Å². The van der Waals surface area contributed by atoms with E-state index in [4.69, 9.17) is 0 Å². The van der Waals surface area contributed by atoms with Crippen molar-refractivity contribution in [1.82, 2.24) is 0 Å². The number of halogens is 1. The van der Waals surface area contributed by atoms with Gasteiger partial charge in [-0.3, -0.25) is 14.9 Å². The summed E-state index contributed by atoms with van der Waals surface area (Å²) >= 11 is 0. The normalized spacial score (nSPS) is 11.7. The summed E-state index contributed by atoms with van der Waals surface area (Å²) in [6.45, 7) is 1.70. The molecule has 0 bridgehead atoms. The van der Waals surface area contributed by atoms with Crippen molar-refractivity contribution in [2.24, 2.45) is 0 Å². The van der Waals surface area contributed by atoms with E-state index in [9.17, 15) is 19.3 Å². The zero-order valence-corrected chi connectivity index (χ0v) is 11.2. The molecule has 0 aromatic heterocycles. The first kappa shape index (κ1) is 14.6. The number of aldehydes is 1. The highest BCUT2D eigenvalue weighted by Crippen LogP contribution is 2.29. The second-order valence-electron chi connectivity index (χ2n) is 4.54. The maximum Gasteiger partial charge on any atom is 0.293 e. The molecule has 1 unspecified atom stereocenters. The summed E-state index contributed by atoms with van der Waals surface area (Å²) in [6, 6.07) is 9.86. The van der Waals surface area contributed by atoms with Gasteiger partial charge in [0, 0.05) is 17.2 Å². The zero-order valence-electron chi connectivity index (χ0n) is 11.2.